The molecule has 21 heavy (non-hydrogen) atoms. The molecule has 2 N–H and O–H groups in total. The van der Waals surface area contributed by atoms with Crippen LogP contribution in [0.4, 0.5) is 0 Å². The fraction of sp³-hybridized carbons (Fsp3) is 0.600. The maximum absolute atomic E-state index is 10.4. The van der Waals surface area contributed by atoms with E-state index in [4.69, 9.17) is 11.6 Å². The fourth-order valence-electron chi connectivity index (χ4n) is 3.11. The van der Waals surface area contributed by atoms with E-state index in [2.05, 4.69) is 10.2 Å². The number of phenolic OH excluding ortho intramolecular Hbond substituents is 1. The molecule has 3 rings (SSSR count). The topological polar surface area (TPSA) is 35.5 Å². The molecule has 0 amide bonds. The summed E-state index contributed by atoms with van der Waals surface area (Å²) in [5.74, 6) is 1.11. The van der Waals surface area contributed by atoms with Crippen LogP contribution < -0.4 is 5.32 Å². The molecule has 1 aromatic rings. The van der Waals surface area contributed by atoms with Gasteiger partial charge in [0, 0.05) is 42.8 Å². The van der Waals surface area contributed by atoms with Crippen molar-refractivity contribution in [3.05, 3.63) is 28.3 Å². The number of hydrogen-bond acceptors (Lipinski definition) is 3. The molecule has 120 valence electrons. The first-order valence-electron chi connectivity index (χ1n) is 7.10. The largest absolute Gasteiger partial charge is 0.507 e. The van der Waals surface area contributed by atoms with E-state index in [1.165, 1.54) is 12.8 Å². The van der Waals surface area contributed by atoms with Crippen LogP contribution in [-0.4, -0.2) is 36.2 Å². The number of hydrogen-bond donors (Lipinski definition) is 2. The van der Waals surface area contributed by atoms with Gasteiger partial charge in [-0.3, -0.25) is 4.90 Å². The molecule has 0 bridgehead atoms. The van der Waals surface area contributed by atoms with Gasteiger partial charge in [0.15, 0.2) is 0 Å². The number of nitrogens with one attached hydrogen (secondary N) is 1. The summed E-state index contributed by atoms with van der Waals surface area (Å²) in [7, 11) is 0. The van der Waals surface area contributed by atoms with Crippen LogP contribution in [0.25, 0.3) is 0 Å². The summed E-state index contributed by atoms with van der Waals surface area (Å²) >= 11 is 6.19. The van der Waals surface area contributed by atoms with Crippen molar-refractivity contribution in [2.45, 2.75) is 25.8 Å². The van der Waals surface area contributed by atoms with Crippen molar-refractivity contribution in [3.63, 3.8) is 0 Å². The summed E-state index contributed by atoms with van der Waals surface area (Å²) in [6.07, 6.45) is 2.53. The Bertz CT molecular complexity index is 474. The molecule has 1 aliphatic carbocycles. The molecule has 0 spiro atoms. The zero-order valence-corrected chi connectivity index (χ0v) is 14.5. The lowest BCUT2D eigenvalue weighted by Gasteiger charge is -2.36. The highest BCUT2D eigenvalue weighted by Crippen LogP contribution is 2.48. The van der Waals surface area contributed by atoms with Gasteiger partial charge < -0.3 is 10.4 Å². The molecular weight excluding hydrogens is 331 g/mol. The van der Waals surface area contributed by atoms with E-state index in [0.29, 0.717) is 17.7 Å². The smallest absolute Gasteiger partial charge is 0.123 e. The minimum atomic E-state index is 0. The second-order valence-corrected chi connectivity index (χ2v) is 6.17. The maximum atomic E-state index is 10.4. The molecule has 1 saturated heterocycles. The van der Waals surface area contributed by atoms with E-state index < -0.39 is 0 Å². The second kappa shape index (κ2) is 7.89. The van der Waals surface area contributed by atoms with Crippen LogP contribution in [0, 0.1) is 12.8 Å². The standard InChI is InChI=1S/C15H21ClN2O.2ClH/c1-10-8-12(16)9-13(15(10)19)14(11-2-3-11)18-6-4-17-5-7-18;;/h8-9,11,14,17,19H,2-7H2,1H3;2*1H/t14-;;/m0../s1. The van der Waals surface area contributed by atoms with E-state index in [1.54, 1.807) is 0 Å². The quantitative estimate of drug-likeness (QED) is 0.872. The normalized spacial score (nSPS) is 20.3. The summed E-state index contributed by atoms with van der Waals surface area (Å²) in [6, 6.07) is 4.12. The highest BCUT2D eigenvalue weighted by molar-refractivity contribution is 6.30. The molecule has 2 aliphatic rings. The Morgan fingerprint density at radius 1 is 1.24 bits per heavy atom. The van der Waals surface area contributed by atoms with Crippen LogP contribution in [-0.2, 0) is 0 Å². The van der Waals surface area contributed by atoms with E-state index in [9.17, 15) is 5.11 Å². The highest BCUT2D eigenvalue weighted by Gasteiger charge is 2.38. The van der Waals surface area contributed by atoms with Gasteiger partial charge in [0.25, 0.3) is 0 Å². The van der Waals surface area contributed by atoms with Crippen molar-refractivity contribution in [2.24, 2.45) is 5.92 Å². The van der Waals surface area contributed by atoms with Crippen molar-refractivity contribution >= 4 is 36.4 Å². The predicted octanol–water partition coefficient (Wildman–Crippen LogP) is 3.55. The van der Waals surface area contributed by atoms with Gasteiger partial charge in [-0.05, 0) is 43.4 Å². The Hall–Kier alpha value is -0.190. The van der Waals surface area contributed by atoms with E-state index in [-0.39, 0.29) is 24.8 Å². The Kier molecular flexibility index (Phi) is 7.08. The zero-order valence-electron chi connectivity index (χ0n) is 12.1. The number of rotatable bonds is 3. The summed E-state index contributed by atoms with van der Waals surface area (Å²) in [6.45, 7) is 6.08. The molecule has 1 aliphatic heterocycles. The number of aryl methyl sites for hydroxylation is 1. The number of benzene rings is 1. The predicted molar refractivity (Wildman–Crippen MR) is 92.3 cm³/mol. The average molecular weight is 354 g/mol. The fourth-order valence-corrected chi connectivity index (χ4v) is 3.39. The molecule has 2 fully saturated rings. The van der Waals surface area contributed by atoms with Crippen LogP contribution in [0.1, 0.15) is 30.0 Å². The summed E-state index contributed by atoms with van der Waals surface area (Å²) in [5.41, 5.74) is 1.90. The molecule has 0 unspecified atom stereocenters. The van der Waals surface area contributed by atoms with Crippen molar-refractivity contribution in [3.8, 4) is 5.75 Å². The number of phenols is 1. The molecule has 1 atom stereocenters. The van der Waals surface area contributed by atoms with E-state index >= 15 is 0 Å². The van der Waals surface area contributed by atoms with E-state index in [0.717, 1.165) is 42.3 Å². The van der Waals surface area contributed by atoms with Crippen LogP contribution in [0.15, 0.2) is 12.1 Å². The molecule has 1 aromatic carbocycles. The van der Waals surface area contributed by atoms with Gasteiger partial charge in [0.1, 0.15) is 5.75 Å². The zero-order chi connectivity index (χ0) is 13.4. The second-order valence-electron chi connectivity index (χ2n) is 5.73. The van der Waals surface area contributed by atoms with Gasteiger partial charge in [-0.15, -0.1) is 24.8 Å². The third-order valence-corrected chi connectivity index (χ3v) is 4.45. The first-order chi connectivity index (χ1) is 9.16. The third kappa shape index (κ3) is 4.17. The molecule has 1 saturated carbocycles. The van der Waals surface area contributed by atoms with Crippen molar-refractivity contribution in [1.29, 1.82) is 0 Å². The van der Waals surface area contributed by atoms with Gasteiger partial charge in [-0.1, -0.05) is 11.6 Å². The van der Waals surface area contributed by atoms with Crippen molar-refractivity contribution in [2.75, 3.05) is 26.2 Å². The van der Waals surface area contributed by atoms with Crippen LogP contribution in [0.3, 0.4) is 0 Å². The van der Waals surface area contributed by atoms with Crippen LogP contribution in [0.2, 0.25) is 5.02 Å². The molecule has 6 heteroatoms. The van der Waals surface area contributed by atoms with Gasteiger partial charge in [0.05, 0.1) is 0 Å². The first-order valence-corrected chi connectivity index (χ1v) is 7.48. The molecule has 1 heterocycles. The van der Waals surface area contributed by atoms with Crippen molar-refractivity contribution in [1.82, 2.24) is 10.2 Å². The Morgan fingerprint density at radius 3 is 2.43 bits per heavy atom. The Morgan fingerprint density at radius 2 is 1.86 bits per heavy atom. The minimum Gasteiger partial charge on any atom is -0.507 e. The summed E-state index contributed by atoms with van der Waals surface area (Å²) in [4.78, 5) is 2.50. The van der Waals surface area contributed by atoms with Gasteiger partial charge in [-0.2, -0.15) is 0 Å². The monoisotopic (exact) mass is 352 g/mol. The molecule has 3 nitrogen and oxygen atoms in total. The average Bonchev–Trinajstić information content (AvgIpc) is 3.21. The lowest BCUT2D eigenvalue weighted by atomic mass is 9.96. The van der Waals surface area contributed by atoms with Crippen LogP contribution >= 0.6 is 36.4 Å². The van der Waals surface area contributed by atoms with Crippen LogP contribution in [0.5, 0.6) is 5.75 Å². The first kappa shape index (κ1) is 18.9. The third-order valence-electron chi connectivity index (χ3n) is 4.23. The molecule has 0 aromatic heterocycles. The van der Waals surface area contributed by atoms with E-state index in [1.807, 2.05) is 19.1 Å². The maximum Gasteiger partial charge on any atom is 0.123 e. The van der Waals surface area contributed by atoms with Gasteiger partial charge in [-0.25, -0.2) is 0 Å². The Labute approximate surface area is 143 Å². The van der Waals surface area contributed by atoms with Crippen molar-refractivity contribution < 1.29 is 5.11 Å². The number of aromatic hydroxyl groups is 1. The Balaban J connectivity index is 0.00000110. The van der Waals surface area contributed by atoms with Gasteiger partial charge in [0.2, 0.25) is 0 Å². The number of piperazine rings is 1. The molecular formula is C15H23Cl3N2O. The summed E-state index contributed by atoms with van der Waals surface area (Å²) < 4.78 is 0. The summed E-state index contributed by atoms with van der Waals surface area (Å²) in [5, 5.41) is 14.5. The highest BCUT2D eigenvalue weighted by atomic mass is 35.5. The van der Waals surface area contributed by atoms with Gasteiger partial charge >= 0.3 is 0 Å². The SMILES string of the molecule is Cc1cc(Cl)cc([C@H](C2CC2)N2CCNCC2)c1O.Cl.Cl. The molecule has 0 radical (unpaired) electrons. The number of halogens is 3. The lowest BCUT2D eigenvalue weighted by Crippen LogP contribution is -2.45. The lowest BCUT2D eigenvalue weighted by molar-refractivity contribution is 0.153. The minimum absolute atomic E-state index is 0. The number of nitrogens with zero attached hydrogens (tertiary/aromatic N) is 1.